The molecule has 0 aliphatic carbocycles. The van der Waals surface area contributed by atoms with Gasteiger partial charge in [-0.15, -0.1) is 0 Å². The van der Waals surface area contributed by atoms with Crippen LogP contribution in [0.25, 0.3) is 11.3 Å². The molecule has 0 spiro atoms. The number of fused-ring (bicyclic) bond motifs is 5. The fourth-order valence-corrected chi connectivity index (χ4v) is 5.73. The maximum atomic E-state index is 14.5. The second kappa shape index (κ2) is 10.5. The smallest absolute Gasteiger partial charge is 0.258 e. The van der Waals surface area contributed by atoms with Crippen molar-refractivity contribution in [3.8, 4) is 17.1 Å². The van der Waals surface area contributed by atoms with E-state index in [0.717, 1.165) is 17.0 Å². The Morgan fingerprint density at radius 3 is 2.67 bits per heavy atom. The van der Waals surface area contributed by atoms with Crippen molar-refractivity contribution in [1.29, 1.82) is 0 Å². The Morgan fingerprint density at radius 1 is 1.31 bits per heavy atom. The molecule has 1 aliphatic heterocycles. The summed E-state index contributed by atoms with van der Waals surface area (Å²) >= 11 is 6.35. The molecule has 1 atom stereocenters. The van der Waals surface area contributed by atoms with Crippen LogP contribution in [0.1, 0.15) is 61.1 Å². The van der Waals surface area contributed by atoms with E-state index in [1.165, 1.54) is 12.1 Å². The van der Waals surface area contributed by atoms with Crippen LogP contribution in [0.4, 0.5) is 10.2 Å². The quantitative estimate of drug-likeness (QED) is 0.394. The minimum absolute atomic E-state index is 0.0621. The summed E-state index contributed by atoms with van der Waals surface area (Å²) in [5.74, 6) is -0.861. The highest BCUT2D eigenvalue weighted by molar-refractivity contribution is 6.74. The predicted octanol–water partition coefficient (Wildman–Crippen LogP) is 5.77. The molecule has 3 aromatic rings. The number of amides is 1. The number of aryl methyl sites for hydroxylation is 1. The van der Waals surface area contributed by atoms with Crippen molar-refractivity contribution in [2.75, 3.05) is 19.4 Å². The molecule has 0 radical (unpaired) electrons. The molecule has 2 N–H and O–H groups in total. The average molecular weight is 575 g/mol. The molecule has 9 nitrogen and oxygen atoms in total. The summed E-state index contributed by atoms with van der Waals surface area (Å²) in [4.78, 5) is 24.2. The molecular weight excluding hydrogens is 539 g/mol. The van der Waals surface area contributed by atoms with Crippen molar-refractivity contribution in [2.24, 2.45) is 0 Å². The molecule has 1 amide bonds. The Kier molecular flexibility index (Phi) is 7.81. The summed E-state index contributed by atoms with van der Waals surface area (Å²) < 4.78 is 28.8. The SMILES string of the molecule is Cc1nn(CCO[Si](C)(C)C(C)(C)C)c2c1-c1cnc(N)c(n1)OC(C)c1c(ccc(F)c1Cl)C(=O)N(C)C2. The van der Waals surface area contributed by atoms with E-state index in [2.05, 4.69) is 43.8 Å². The Labute approximate surface area is 234 Å². The molecule has 1 unspecified atom stereocenters. The number of ether oxygens (including phenoxy) is 1. The van der Waals surface area contributed by atoms with E-state index < -0.39 is 20.2 Å². The summed E-state index contributed by atoms with van der Waals surface area (Å²) in [5.41, 5.74) is 9.27. The minimum Gasteiger partial charge on any atom is -0.467 e. The molecule has 3 heterocycles. The third kappa shape index (κ3) is 5.52. The molecule has 2 aromatic heterocycles. The average Bonchev–Trinajstić information content (AvgIpc) is 3.14. The number of nitrogens with two attached hydrogens (primary N) is 1. The van der Waals surface area contributed by atoms with Gasteiger partial charge < -0.3 is 19.8 Å². The predicted molar refractivity (Wildman–Crippen MR) is 152 cm³/mol. The van der Waals surface area contributed by atoms with Crippen LogP contribution in [0.3, 0.4) is 0 Å². The number of nitrogen functional groups attached to an aromatic ring is 1. The molecule has 12 heteroatoms. The van der Waals surface area contributed by atoms with Gasteiger partial charge in [0.15, 0.2) is 14.1 Å². The van der Waals surface area contributed by atoms with E-state index >= 15 is 0 Å². The minimum atomic E-state index is -1.97. The van der Waals surface area contributed by atoms with E-state index in [4.69, 9.17) is 31.6 Å². The second-order valence-electron chi connectivity index (χ2n) is 11.4. The van der Waals surface area contributed by atoms with E-state index in [1.54, 1.807) is 25.1 Å². The van der Waals surface area contributed by atoms with Crippen molar-refractivity contribution in [2.45, 2.75) is 71.9 Å². The van der Waals surface area contributed by atoms with Crippen LogP contribution < -0.4 is 10.5 Å². The van der Waals surface area contributed by atoms with Gasteiger partial charge in [-0.25, -0.2) is 14.4 Å². The van der Waals surface area contributed by atoms with Gasteiger partial charge in [0.2, 0.25) is 0 Å². The number of carbonyl (C=O) groups excluding carboxylic acids is 1. The van der Waals surface area contributed by atoms with Gasteiger partial charge in [-0.2, -0.15) is 5.10 Å². The number of aromatic nitrogens is 4. The number of anilines is 1. The van der Waals surface area contributed by atoms with Gasteiger partial charge in [0.05, 0.1) is 48.0 Å². The number of halogens is 2. The Balaban J connectivity index is 1.83. The first-order chi connectivity index (χ1) is 18.1. The van der Waals surface area contributed by atoms with Gasteiger partial charge in [-0.3, -0.25) is 9.48 Å². The lowest BCUT2D eigenvalue weighted by atomic mass is 10.0. The van der Waals surface area contributed by atoms with Gasteiger partial charge in [0.1, 0.15) is 11.9 Å². The number of benzene rings is 1. The molecule has 210 valence electrons. The topological polar surface area (TPSA) is 108 Å². The first-order valence-corrected chi connectivity index (χ1v) is 16.1. The molecule has 1 aliphatic rings. The molecule has 1 aromatic carbocycles. The number of hydrogen-bond acceptors (Lipinski definition) is 7. The highest BCUT2D eigenvalue weighted by Crippen LogP contribution is 2.38. The zero-order valence-corrected chi connectivity index (χ0v) is 25.5. The number of nitrogens with zero attached hydrogens (tertiary/aromatic N) is 5. The van der Waals surface area contributed by atoms with Crippen molar-refractivity contribution < 1.29 is 18.3 Å². The van der Waals surface area contributed by atoms with Crippen LogP contribution in [-0.2, 0) is 17.5 Å². The molecule has 0 saturated carbocycles. The van der Waals surface area contributed by atoms with E-state index in [0.29, 0.717) is 18.8 Å². The largest absolute Gasteiger partial charge is 0.467 e. The lowest BCUT2D eigenvalue weighted by Gasteiger charge is -2.36. The molecular formula is C27H36ClFN6O3Si. The zero-order valence-electron chi connectivity index (χ0n) is 23.7. The normalized spacial score (nSPS) is 16.2. The molecule has 2 bridgehead atoms. The fourth-order valence-electron chi connectivity index (χ4n) is 4.38. The maximum Gasteiger partial charge on any atom is 0.258 e. The van der Waals surface area contributed by atoms with Crippen LogP contribution in [0.5, 0.6) is 5.88 Å². The van der Waals surface area contributed by atoms with E-state index in [1.807, 2.05) is 11.6 Å². The van der Waals surface area contributed by atoms with Crippen LogP contribution >= 0.6 is 11.6 Å². The summed E-state index contributed by atoms with van der Waals surface area (Å²) in [6.07, 6.45) is 0.730. The summed E-state index contributed by atoms with van der Waals surface area (Å²) in [5, 5.41) is 4.67. The summed E-state index contributed by atoms with van der Waals surface area (Å²) in [6.45, 7) is 15.7. The Morgan fingerprint density at radius 2 is 2.00 bits per heavy atom. The van der Waals surface area contributed by atoms with Gasteiger partial charge in [-0.05, 0) is 44.1 Å². The Hall–Kier alpha value is -3.02. The first kappa shape index (κ1) is 29.0. The standard InChI is InChI=1S/C27H36ClFN6O3Si/c1-15-21-19-13-31-24(30)25(32-19)38-16(2)22-17(9-10-18(29)23(22)28)26(36)34(6)14-20(21)35(33-15)11-12-37-39(7,8)27(3,4)5/h9-10,13,16H,11-12,14H2,1-8H3,(H2,30,31). The number of hydrogen-bond donors (Lipinski definition) is 1. The number of carbonyl (C=O) groups is 1. The van der Waals surface area contributed by atoms with Gasteiger partial charge in [-0.1, -0.05) is 32.4 Å². The van der Waals surface area contributed by atoms with Gasteiger partial charge >= 0.3 is 0 Å². The van der Waals surface area contributed by atoms with Crippen LogP contribution in [0.15, 0.2) is 18.3 Å². The van der Waals surface area contributed by atoms with Gasteiger partial charge in [0, 0.05) is 23.7 Å². The van der Waals surface area contributed by atoms with Crippen LogP contribution in [0, 0.1) is 12.7 Å². The van der Waals surface area contributed by atoms with Crippen molar-refractivity contribution in [3.63, 3.8) is 0 Å². The zero-order chi connectivity index (χ0) is 28.9. The fraction of sp³-hybridized carbons (Fsp3) is 0.481. The number of rotatable bonds is 4. The van der Waals surface area contributed by atoms with E-state index in [-0.39, 0.29) is 45.3 Å². The third-order valence-electron chi connectivity index (χ3n) is 7.62. The molecule has 4 rings (SSSR count). The first-order valence-electron chi connectivity index (χ1n) is 12.9. The van der Waals surface area contributed by atoms with Crippen molar-refractivity contribution in [3.05, 3.63) is 51.7 Å². The lowest BCUT2D eigenvalue weighted by molar-refractivity contribution is 0.0776. The van der Waals surface area contributed by atoms with Crippen molar-refractivity contribution >= 4 is 31.6 Å². The monoisotopic (exact) mass is 574 g/mol. The summed E-state index contributed by atoms with van der Waals surface area (Å²) in [6, 6.07) is 2.60. The highest BCUT2D eigenvalue weighted by atomic mass is 35.5. The van der Waals surface area contributed by atoms with Crippen molar-refractivity contribution in [1.82, 2.24) is 24.6 Å². The molecule has 39 heavy (non-hydrogen) atoms. The third-order valence-corrected chi connectivity index (χ3v) is 12.5. The summed E-state index contributed by atoms with van der Waals surface area (Å²) in [7, 11) is -0.288. The lowest BCUT2D eigenvalue weighted by Crippen LogP contribution is -2.41. The maximum absolute atomic E-state index is 14.5. The van der Waals surface area contributed by atoms with E-state index in [9.17, 15) is 9.18 Å². The molecule has 0 fully saturated rings. The highest BCUT2D eigenvalue weighted by Gasteiger charge is 2.37. The second-order valence-corrected chi connectivity index (χ2v) is 16.6. The van der Waals surface area contributed by atoms with Crippen LogP contribution in [0.2, 0.25) is 23.2 Å². The van der Waals surface area contributed by atoms with Gasteiger partial charge in [0.25, 0.3) is 11.8 Å². The Bertz CT molecular complexity index is 1420. The van der Waals surface area contributed by atoms with Crippen LogP contribution in [-0.4, -0.2) is 52.5 Å². The molecule has 0 saturated heterocycles.